The van der Waals surface area contributed by atoms with Gasteiger partial charge in [-0.05, 0) is 18.9 Å². The number of hydrazone groups is 1. The molecule has 1 aromatic carbocycles. The summed E-state index contributed by atoms with van der Waals surface area (Å²) in [4.78, 5) is 6.91. The smallest absolute Gasteiger partial charge is 0.217 e. The molecule has 1 saturated heterocycles. The second kappa shape index (κ2) is 12.2. The number of aryl methyl sites for hydroxylation is 1. The van der Waals surface area contributed by atoms with Crippen LogP contribution in [0, 0.1) is 6.92 Å². The standard InChI is InChI=1S/C24H34N4O2/c1-3-4-5-6-7-13-30-24-18-22(28-11-14-29-15-12-28)17-23(26-24)27-25-19-21-10-8-9-20(2)16-21/h8-10,16-19H,3-7,11-15H2,1-2H3,(H,26,27). The lowest BCUT2D eigenvalue weighted by Gasteiger charge is -2.29. The fourth-order valence-corrected chi connectivity index (χ4v) is 3.43. The number of pyridine rings is 1. The average Bonchev–Trinajstić information content (AvgIpc) is 2.77. The first kappa shape index (κ1) is 22.1. The van der Waals surface area contributed by atoms with Gasteiger partial charge in [0.2, 0.25) is 5.88 Å². The van der Waals surface area contributed by atoms with E-state index in [0.29, 0.717) is 18.3 Å². The highest BCUT2D eigenvalue weighted by Crippen LogP contribution is 2.25. The maximum atomic E-state index is 5.98. The van der Waals surface area contributed by atoms with Gasteiger partial charge in [-0.15, -0.1) is 0 Å². The molecule has 6 heteroatoms. The van der Waals surface area contributed by atoms with E-state index in [1.807, 2.05) is 30.5 Å². The zero-order valence-electron chi connectivity index (χ0n) is 18.3. The molecule has 3 rings (SSSR count). The Labute approximate surface area is 180 Å². The summed E-state index contributed by atoms with van der Waals surface area (Å²) in [5.41, 5.74) is 6.42. The second-order valence-corrected chi connectivity index (χ2v) is 7.70. The van der Waals surface area contributed by atoms with Gasteiger partial charge in [0.05, 0.1) is 26.0 Å². The van der Waals surface area contributed by atoms with Crippen molar-refractivity contribution < 1.29 is 9.47 Å². The molecule has 30 heavy (non-hydrogen) atoms. The number of hydrogen-bond donors (Lipinski definition) is 1. The average molecular weight is 411 g/mol. The van der Waals surface area contributed by atoms with E-state index in [2.05, 4.69) is 46.4 Å². The first-order chi connectivity index (χ1) is 14.7. The Balaban J connectivity index is 1.65. The highest BCUT2D eigenvalue weighted by molar-refractivity contribution is 5.80. The summed E-state index contributed by atoms with van der Waals surface area (Å²) in [6, 6.07) is 12.3. The number of hydrogen-bond acceptors (Lipinski definition) is 6. The molecule has 1 aliphatic rings. The van der Waals surface area contributed by atoms with Crippen LogP contribution >= 0.6 is 0 Å². The number of nitrogens with zero attached hydrogens (tertiary/aromatic N) is 3. The largest absolute Gasteiger partial charge is 0.478 e. The van der Waals surface area contributed by atoms with Crippen LogP contribution in [0.3, 0.4) is 0 Å². The summed E-state index contributed by atoms with van der Waals surface area (Å²) in [5.74, 6) is 1.33. The molecule has 2 heterocycles. The Hall–Kier alpha value is -2.60. The zero-order chi connectivity index (χ0) is 21.0. The molecule has 6 nitrogen and oxygen atoms in total. The number of anilines is 2. The lowest BCUT2D eigenvalue weighted by atomic mass is 10.2. The minimum Gasteiger partial charge on any atom is -0.478 e. The molecule has 0 unspecified atom stereocenters. The number of morpholine rings is 1. The third-order valence-corrected chi connectivity index (χ3v) is 5.10. The summed E-state index contributed by atoms with van der Waals surface area (Å²) >= 11 is 0. The second-order valence-electron chi connectivity index (χ2n) is 7.70. The van der Waals surface area contributed by atoms with Crippen molar-refractivity contribution in [2.24, 2.45) is 5.10 Å². The number of rotatable bonds is 11. The minimum absolute atomic E-state index is 0.641. The van der Waals surface area contributed by atoms with E-state index >= 15 is 0 Å². The van der Waals surface area contributed by atoms with E-state index in [9.17, 15) is 0 Å². The van der Waals surface area contributed by atoms with Gasteiger partial charge in [0.1, 0.15) is 0 Å². The fraction of sp³-hybridized carbons (Fsp3) is 0.500. The molecule has 0 spiro atoms. The Kier molecular flexibility index (Phi) is 8.97. The Morgan fingerprint density at radius 1 is 1.13 bits per heavy atom. The van der Waals surface area contributed by atoms with Crippen LogP contribution in [0.15, 0.2) is 41.5 Å². The van der Waals surface area contributed by atoms with Crippen molar-refractivity contribution in [1.82, 2.24) is 4.98 Å². The SMILES string of the molecule is CCCCCCCOc1cc(N2CCOCC2)cc(NN=Cc2cccc(C)c2)n1. The molecular weight excluding hydrogens is 376 g/mol. The van der Waals surface area contributed by atoms with E-state index < -0.39 is 0 Å². The van der Waals surface area contributed by atoms with Gasteiger partial charge in [-0.2, -0.15) is 10.1 Å². The summed E-state index contributed by atoms with van der Waals surface area (Å²) in [6.45, 7) is 8.21. The maximum absolute atomic E-state index is 5.98. The number of nitrogens with one attached hydrogen (secondary N) is 1. The van der Waals surface area contributed by atoms with E-state index in [1.165, 1.54) is 31.2 Å². The summed E-state index contributed by atoms with van der Waals surface area (Å²) < 4.78 is 11.5. The van der Waals surface area contributed by atoms with Crippen LogP contribution in [0.1, 0.15) is 50.2 Å². The third kappa shape index (κ3) is 7.34. The lowest BCUT2D eigenvalue weighted by Crippen LogP contribution is -2.36. The van der Waals surface area contributed by atoms with Crippen molar-refractivity contribution in [3.63, 3.8) is 0 Å². The van der Waals surface area contributed by atoms with Crippen LogP contribution < -0.4 is 15.1 Å². The first-order valence-electron chi connectivity index (χ1n) is 11.1. The van der Waals surface area contributed by atoms with Crippen molar-refractivity contribution in [2.75, 3.05) is 43.2 Å². The molecule has 1 aliphatic heterocycles. The highest BCUT2D eigenvalue weighted by atomic mass is 16.5. The fourth-order valence-electron chi connectivity index (χ4n) is 3.43. The third-order valence-electron chi connectivity index (χ3n) is 5.10. The normalized spacial score (nSPS) is 14.3. The van der Waals surface area contributed by atoms with Gasteiger partial charge >= 0.3 is 0 Å². The summed E-state index contributed by atoms with van der Waals surface area (Å²) in [6.07, 6.45) is 7.87. The topological polar surface area (TPSA) is 59.0 Å². The molecule has 2 aromatic rings. The predicted octanol–water partition coefficient (Wildman–Crippen LogP) is 5.02. The van der Waals surface area contributed by atoms with Crippen LogP contribution in [-0.2, 0) is 4.74 Å². The lowest BCUT2D eigenvalue weighted by molar-refractivity contribution is 0.122. The first-order valence-corrected chi connectivity index (χ1v) is 11.1. The molecule has 0 amide bonds. The van der Waals surface area contributed by atoms with E-state index in [4.69, 9.17) is 9.47 Å². The van der Waals surface area contributed by atoms with Gasteiger partial charge in [0.15, 0.2) is 5.82 Å². The molecule has 162 valence electrons. The molecular formula is C24H34N4O2. The molecule has 0 saturated carbocycles. The van der Waals surface area contributed by atoms with Crippen molar-refractivity contribution in [3.05, 3.63) is 47.5 Å². The molecule has 0 bridgehead atoms. The van der Waals surface area contributed by atoms with Crippen molar-refractivity contribution in [3.8, 4) is 5.88 Å². The molecule has 0 atom stereocenters. The Bertz CT molecular complexity index is 804. The Morgan fingerprint density at radius 3 is 2.77 bits per heavy atom. The monoisotopic (exact) mass is 410 g/mol. The molecule has 1 N–H and O–H groups in total. The van der Waals surface area contributed by atoms with E-state index in [0.717, 1.165) is 44.0 Å². The molecule has 1 aromatic heterocycles. The Morgan fingerprint density at radius 2 is 1.97 bits per heavy atom. The molecule has 0 radical (unpaired) electrons. The van der Waals surface area contributed by atoms with Crippen molar-refractivity contribution >= 4 is 17.7 Å². The minimum atomic E-state index is 0.641. The van der Waals surface area contributed by atoms with Crippen LogP contribution in [0.4, 0.5) is 11.5 Å². The van der Waals surface area contributed by atoms with Crippen molar-refractivity contribution in [1.29, 1.82) is 0 Å². The van der Waals surface area contributed by atoms with Gasteiger partial charge < -0.3 is 14.4 Å². The van der Waals surface area contributed by atoms with Gasteiger partial charge in [0.25, 0.3) is 0 Å². The van der Waals surface area contributed by atoms with Crippen LogP contribution in [0.25, 0.3) is 0 Å². The predicted molar refractivity (Wildman–Crippen MR) is 124 cm³/mol. The van der Waals surface area contributed by atoms with Gasteiger partial charge in [0, 0.05) is 30.9 Å². The number of ether oxygens (including phenoxy) is 2. The zero-order valence-corrected chi connectivity index (χ0v) is 18.3. The van der Waals surface area contributed by atoms with E-state index in [1.54, 1.807) is 0 Å². The summed E-state index contributed by atoms with van der Waals surface area (Å²) in [5, 5.41) is 4.37. The number of aromatic nitrogens is 1. The van der Waals surface area contributed by atoms with E-state index in [-0.39, 0.29) is 0 Å². The maximum Gasteiger partial charge on any atom is 0.217 e. The van der Waals surface area contributed by atoms with Gasteiger partial charge in [-0.25, -0.2) is 0 Å². The number of benzene rings is 1. The van der Waals surface area contributed by atoms with Gasteiger partial charge in [-0.1, -0.05) is 62.4 Å². The molecule has 0 aliphatic carbocycles. The van der Waals surface area contributed by atoms with Crippen LogP contribution in [0.2, 0.25) is 0 Å². The number of unbranched alkanes of at least 4 members (excludes halogenated alkanes) is 4. The molecule has 1 fully saturated rings. The van der Waals surface area contributed by atoms with Crippen LogP contribution in [-0.4, -0.2) is 44.1 Å². The quantitative estimate of drug-likeness (QED) is 0.320. The van der Waals surface area contributed by atoms with Gasteiger partial charge in [-0.3, -0.25) is 5.43 Å². The summed E-state index contributed by atoms with van der Waals surface area (Å²) in [7, 11) is 0. The highest BCUT2D eigenvalue weighted by Gasteiger charge is 2.14. The van der Waals surface area contributed by atoms with Crippen molar-refractivity contribution in [2.45, 2.75) is 46.0 Å². The van der Waals surface area contributed by atoms with Crippen LogP contribution in [0.5, 0.6) is 5.88 Å².